The molecule has 0 aliphatic rings. The molecule has 0 radical (unpaired) electrons. The molecule has 0 aromatic carbocycles. The van der Waals surface area contributed by atoms with Crippen molar-refractivity contribution in [1.82, 2.24) is 4.90 Å². The Labute approximate surface area is 112 Å². The summed E-state index contributed by atoms with van der Waals surface area (Å²) in [4.78, 5) is 15.3. The van der Waals surface area contributed by atoms with E-state index in [0.717, 1.165) is 16.9 Å². The van der Waals surface area contributed by atoms with Crippen LogP contribution in [0.4, 0.5) is 0 Å². The number of amides is 1. The number of aryl methyl sites for hydroxylation is 1. The predicted octanol–water partition coefficient (Wildman–Crippen LogP) is 2.45. The quantitative estimate of drug-likeness (QED) is 0.836. The number of carbonyl (C=O) groups is 1. The van der Waals surface area contributed by atoms with Crippen molar-refractivity contribution in [2.45, 2.75) is 33.2 Å². The molecule has 0 saturated carbocycles. The first-order valence-electron chi connectivity index (χ1n) is 5.63. The number of thiocarbonyl (C=S) groups is 1. The number of thiophene rings is 1. The van der Waals surface area contributed by atoms with Crippen LogP contribution in [0.25, 0.3) is 0 Å². The summed E-state index contributed by atoms with van der Waals surface area (Å²) in [6.45, 7) is 6.32. The lowest BCUT2D eigenvalue weighted by atomic mass is 10.2. The molecule has 17 heavy (non-hydrogen) atoms. The van der Waals surface area contributed by atoms with Crippen LogP contribution in [-0.4, -0.2) is 28.4 Å². The zero-order valence-electron chi connectivity index (χ0n) is 10.4. The lowest BCUT2D eigenvalue weighted by Gasteiger charge is -2.26. The number of hydrogen-bond donors (Lipinski definition) is 1. The van der Waals surface area contributed by atoms with Crippen LogP contribution in [0, 0.1) is 0 Å². The average Bonchev–Trinajstić information content (AvgIpc) is 2.72. The van der Waals surface area contributed by atoms with Crippen molar-refractivity contribution in [3.8, 4) is 0 Å². The van der Waals surface area contributed by atoms with Gasteiger partial charge in [-0.05, 0) is 37.3 Å². The van der Waals surface area contributed by atoms with E-state index in [0.29, 0.717) is 11.5 Å². The van der Waals surface area contributed by atoms with Gasteiger partial charge in [-0.15, -0.1) is 11.3 Å². The largest absolute Gasteiger partial charge is 0.392 e. The van der Waals surface area contributed by atoms with Crippen LogP contribution in [0.1, 0.15) is 36.0 Å². The minimum atomic E-state index is 0.0275. The minimum absolute atomic E-state index is 0.0275. The SMILES string of the molecule is CCc1ccsc1C(=O)N(CC(N)=S)C(C)C. The summed E-state index contributed by atoms with van der Waals surface area (Å²) in [7, 11) is 0. The van der Waals surface area contributed by atoms with Crippen molar-refractivity contribution in [3.05, 3.63) is 21.9 Å². The fraction of sp³-hybridized carbons (Fsp3) is 0.500. The summed E-state index contributed by atoms with van der Waals surface area (Å²) in [5.41, 5.74) is 6.63. The summed E-state index contributed by atoms with van der Waals surface area (Å²) in [5.74, 6) is 0.0275. The summed E-state index contributed by atoms with van der Waals surface area (Å²) in [5, 5.41) is 1.95. The Balaban J connectivity index is 2.95. The van der Waals surface area contributed by atoms with E-state index in [4.69, 9.17) is 18.0 Å². The van der Waals surface area contributed by atoms with Gasteiger partial charge in [0.15, 0.2) is 0 Å². The summed E-state index contributed by atoms with van der Waals surface area (Å²) in [6.07, 6.45) is 0.865. The topological polar surface area (TPSA) is 46.3 Å². The summed E-state index contributed by atoms with van der Waals surface area (Å²) in [6, 6.07) is 2.09. The summed E-state index contributed by atoms with van der Waals surface area (Å²) >= 11 is 6.37. The smallest absolute Gasteiger partial charge is 0.264 e. The van der Waals surface area contributed by atoms with E-state index < -0.39 is 0 Å². The zero-order chi connectivity index (χ0) is 13.0. The molecule has 0 saturated heterocycles. The normalized spacial score (nSPS) is 10.6. The van der Waals surface area contributed by atoms with Crippen molar-refractivity contribution < 1.29 is 4.79 Å². The first-order chi connectivity index (χ1) is 7.97. The van der Waals surface area contributed by atoms with Crippen molar-refractivity contribution in [3.63, 3.8) is 0 Å². The highest BCUT2D eigenvalue weighted by molar-refractivity contribution is 7.80. The Bertz CT molecular complexity index is 412. The van der Waals surface area contributed by atoms with E-state index in [1.165, 1.54) is 11.3 Å². The Morgan fingerprint density at radius 1 is 1.59 bits per heavy atom. The lowest BCUT2D eigenvalue weighted by molar-refractivity contribution is 0.0740. The van der Waals surface area contributed by atoms with Gasteiger partial charge in [-0.1, -0.05) is 19.1 Å². The molecule has 1 aromatic rings. The van der Waals surface area contributed by atoms with Gasteiger partial charge in [0.05, 0.1) is 16.4 Å². The number of nitrogens with two attached hydrogens (primary N) is 1. The van der Waals surface area contributed by atoms with Gasteiger partial charge in [0, 0.05) is 6.04 Å². The van der Waals surface area contributed by atoms with Crippen LogP contribution < -0.4 is 5.73 Å². The maximum absolute atomic E-state index is 12.4. The van der Waals surface area contributed by atoms with Crippen molar-refractivity contribution in [2.24, 2.45) is 5.73 Å². The van der Waals surface area contributed by atoms with E-state index >= 15 is 0 Å². The molecular weight excluding hydrogens is 252 g/mol. The Hall–Kier alpha value is -0.940. The first kappa shape index (κ1) is 14.1. The van der Waals surface area contributed by atoms with Crippen molar-refractivity contribution in [2.75, 3.05) is 6.54 Å². The molecule has 1 rings (SSSR count). The molecule has 0 unspecified atom stereocenters. The van der Waals surface area contributed by atoms with Gasteiger partial charge < -0.3 is 10.6 Å². The third-order valence-corrected chi connectivity index (χ3v) is 3.61. The summed E-state index contributed by atoms with van der Waals surface area (Å²) < 4.78 is 0. The maximum Gasteiger partial charge on any atom is 0.264 e. The van der Waals surface area contributed by atoms with Gasteiger partial charge in [-0.3, -0.25) is 4.79 Å². The highest BCUT2D eigenvalue weighted by atomic mass is 32.1. The Morgan fingerprint density at radius 2 is 2.24 bits per heavy atom. The number of rotatable bonds is 5. The van der Waals surface area contributed by atoms with E-state index in [-0.39, 0.29) is 11.9 Å². The first-order valence-corrected chi connectivity index (χ1v) is 6.91. The van der Waals surface area contributed by atoms with Crippen LogP contribution >= 0.6 is 23.6 Å². The van der Waals surface area contributed by atoms with Crippen molar-refractivity contribution >= 4 is 34.5 Å². The Morgan fingerprint density at radius 3 is 2.71 bits per heavy atom. The van der Waals surface area contributed by atoms with Crippen LogP contribution in [-0.2, 0) is 6.42 Å². The molecule has 5 heteroatoms. The molecule has 0 bridgehead atoms. The third-order valence-electron chi connectivity index (χ3n) is 2.53. The van der Waals surface area contributed by atoms with Crippen LogP contribution in [0.3, 0.4) is 0 Å². The van der Waals surface area contributed by atoms with Gasteiger partial charge in [0.1, 0.15) is 0 Å². The van der Waals surface area contributed by atoms with Crippen molar-refractivity contribution in [1.29, 1.82) is 0 Å². The molecule has 0 atom stereocenters. The van der Waals surface area contributed by atoms with Gasteiger partial charge in [-0.2, -0.15) is 0 Å². The van der Waals surface area contributed by atoms with E-state index in [9.17, 15) is 4.79 Å². The zero-order valence-corrected chi connectivity index (χ0v) is 12.0. The molecule has 0 spiro atoms. The molecule has 2 N–H and O–H groups in total. The fourth-order valence-electron chi connectivity index (χ4n) is 1.59. The second-order valence-electron chi connectivity index (χ2n) is 4.12. The number of carbonyl (C=O) groups excluding carboxylic acids is 1. The second kappa shape index (κ2) is 6.12. The predicted molar refractivity (Wildman–Crippen MR) is 76.7 cm³/mol. The second-order valence-corrected chi connectivity index (χ2v) is 5.56. The monoisotopic (exact) mass is 270 g/mol. The van der Waals surface area contributed by atoms with Gasteiger partial charge >= 0.3 is 0 Å². The number of hydrogen-bond acceptors (Lipinski definition) is 3. The standard InChI is InChI=1S/C12H18N2OS2/c1-4-9-5-6-17-11(9)12(15)14(8(2)3)7-10(13)16/h5-6,8H,4,7H2,1-3H3,(H2,13,16). The van der Waals surface area contributed by atoms with E-state index in [1.807, 2.05) is 32.2 Å². The van der Waals surface area contributed by atoms with Gasteiger partial charge in [0.2, 0.25) is 0 Å². The molecule has 0 aliphatic heterocycles. The molecular formula is C12H18N2OS2. The van der Waals surface area contributed by atoms with Crippen LogP contribution in [0.5, 0.6) is 0 Å². The highest BCUT2D eigenvalue weighted by Gasteiger charge is 2.22. The lowest BCUT2D eigenvalue weighted by Crippen LogP contribution is -2.42. The average molecular weight is 270 g/mol. The molecule has 0 fully saturated rings. The van der Waals surface area contributed by atoms with Gasteiger partial charge in [0.25, 0.3) is 5.91 Å². The molecule has 1 amide bonds. The minimum Gasteiger partial charge on any atom is -0.392 e. The third kappa shape index (κ3) is 3.51. The Kier molecular flexibility index (Phi) is 5.08. The maximum atomic E-state index is 12.4. The van der Waals surface area contributed by atoms with Gasteiger partial charge in [-0.25, -0.2) is 0 Å². The molecule has 1 aromatic heterocycles. The fourth-order valence-corrected chi connectivity index (χ4v) is 2.68. The van der Waals surface area contributed by atoms with Crippen LogP contribution in [0.15, 0.2) is 11.4 Å². The molecule has 1 heterocycles. The van der Waals surface area contributed by atoms with E-state index in [1.54, 1.807) is 4.90 Å². The van der Waals surface area contributed by atoms with Crippen LogP contribution in [0.2, 0.25) is 0 Å². The molecule has 3 nitrogen and oxygen atoms in total. The molecule has 0 aliphatic carbocycles. The number of nitrogens with zero attached hydrogens (tertiary/aromatic N) is 1. The van der Waals surface area contributed by atoms with E-state index in [2.05, 4.69) is 0 Å². The highest BCUT2D eigenvalue weighted by Crippen LogP contribution is 2.20. The molecule has 94 valence electrons.